The molecule has 7 heteroatoms. The first kappa shape index (κ1) is 21.0. The summed E-state index contributed by atoms with van der Waals surface area (Å²) in [5.41, 5.74) is -0.375. The van der Waals surface area contributed by atoms with Crippen molar-refractivity contribution in [2.45, 2.75) is 51.9 Å². The van der Waals surface area contributed by atoms with Gasteiger partial charge in [0.2, 0.25) is 0 Å². The van der Waals surface area contributed by atoms with Gasteiger partial charge < -0.3 is 9.47 Å². The Morgan fingerprint density at radius 1 is 1.24 bits per heavy atom. The van der Waals surface area contributed by atoms with Crippen LogP contribution in [0.15, 0.2) is 12.2 Å². The Balaban J connectivity index is 2.66. The van der Waals surface area contributed by atoms with Crippen LogP contribution in [-0.2, 0) is 19.1 Å². The van der Waals surface area contributed by atoms with Crippen LogP contribution < -0.4 is 0 Å². The summed E-state index contributed by atoms with van der Waals surface area (Å²) in [5.74, 6) is 1.10. The summed E-state index contributed by atoms with van der Waals surface area (Å²) in [4.78, 5) is 22.7. The van der Waals surface area contributed by atoms with E-state index in [0.717, 1.165) is 12.2 Å². The van der Waals surface area contributed by atoms with E-state index < -0.39 is 0 Å². The van der Waals surface area contributed by atoms with Crippen molar-refractivity contribution in [3.63, 3.8) is 0 Å². The Hall–Kier alpha value is -0.270. The lowest BCUT2D eigenvalue weighted by molar-refractivity contribution is -0.153. The van der Waals surface area contributed by atoms with E-state index in [2.05, 4.69) is 26.5 Å². The maximum absolute atomic E-state index is 11.5. The highest BCUT2D eigenvalue weighted by Gasteiger charge is 2.43. The molecule has 0 aromatic rings. The molecule has 0 heterocycles. The lowest BCUT2D eigenvalue weighted by Crippen LogP contribution is -2.46. The van der Waals surface area contributed by atoms with Gasteiger partial charge in [-0.1, -0.05) is 47.6 Å². The highest BCUT2D eigenvalue weighted by Crippen LogP contribution is 2.45. The SMILES string of the molecule is [3H]C(S)C/C=C\CSS[C@@H]1CC(COC(C)=O)[C@@H](C)[C@H](C)C1OC(C)=O. The van der Waals surface area contributed by atoms with Crippen molar-refractivity contribution in [3.05, 3.63) is 12.2 Å². The minimum Gasteiger partial charge on any atom is -0.466 e. The molecule has 3 unspecified atom stereocenters. The largest absolute Gasteiger partial charge is 0.466 e. The van der Waals surface area contributed by atoms with Crippen molar-refractivity contribution < 1.29 is 20.4 Å². The minimum absolute atomic E-state index is 0.132. The van der Waals surface area contributed by atoms with Crippen LogP contribution in [0.25, 0.3) is 0 Å². The summed E-state index contributed by atoms with van der Waals surface area (Å²) in [6, 6.07) is 0. The predicted octanol–water partition coefficient (Wildman–Crippen LogP) is 4.40. The van der Waals surface area contributed by atoms with E-state index in [1.807, 2.05) is 12.2 Å². The van der Waals surface area contributed by atoms with Crippen molar-refractivity contribution in [2.24, 2.45) is 17.8 Å². The molecule has 1 aliphatic carbocycles. The van der Waals surface area contributed by atoms with Crippen LogP contribution >= 0.6 is 34.2 Å². The van der Waals surface area contributed by atoms with Gasteiger partial charge in [-0.3, -0.25) is 9.59 Å². The van der Waals surface area contributed by atoms with Gasteiger partial charge in [-0.2, -0.15) is 12.6 Å². The van der Waals surface area contributed by atoms with Crippen LogP contribution in [0.2, 0.25) is 0 Å². The summed E-state index contributed by atoms with van der Waals surface area (Å²) in [6.07, 6.45) is 5.36. The second kappa shape index (κ2) is 12.2. The van der Waals surface area contributed by atoms with Crippen LogP contribution in [-0.4, -0.2) is 41.4 Å². The summed E-state index contributed by atoms with van der Waals surface area (Å²) >= 11 is 4.03. The van der Waals surface area contributed by atoms with Crippen molar-refractivity contribution in [2.75, 3.05) is 18.1 Å². The summed E-state index contributed by atoms with van der Waals surface area (Å²) in [5, 5.41) is 0.165. The molecule has 0 saturated heterocycles. The maximum atomic E-state index is 11.5. The Morgan fingerprint density at radius 2 is 1.96 bits per heavy atom. The number of rotatable bonds is 9. The smallest absolute Gasteiger partial charge is 0.302 e. The van der Waals surface area contributed by atoms with Gasteiger partial charge in [0.15, 0.2) is 0 Å². The van der Waals surface area contributed by atoms with E-state index in [1.165, 1.54) is 13.8 Å². The average Bonchev–Trinajstić information content (AvgIpc) is 2.55. The molecule has 0 N–H and O–H groups in total. The third-order valence-electron chi connectivity index (χ3n) is 4.56. The van der Waals surface area contributed by atoms with Gasteiger partial charge in [-0.05, 0) is 36.3 Å². The first-order valence-electron chi connectivity index (χ1n) is 9.14. The number of ether oxygens (including phenoxy) is 2. The first-order valence-corrected chi connectivity index (χ1v) is 11.5. The molecule has 1 aliphatic rings. The number of carbonyl (C=O) groups is 2. The summed E-state index contributed by atoms with van der Waals surface area (Å²) in [7, 11) is 3.45. The summed E-state index contributed by atoms with van der Waals surface area (Å²) < 4.78 is 18.2. The Labute approximate surface area is 166 Å². The van der Waals surface area contributed by atoms with Gasteiger partial charge in [0, 0.05) is 21.0 Å². The molecule has 4 nitrogen and oxygen atoms in total. The lowest BCUT2D eigenvalue weighted by atomic mass is 9.72. The van der Waals surface area contributed by atoms with E-state index in [9.17, 15) is 9.59 Å². The predicted molar refractivity (Wildman–Crippen MR) is 110 cm³/mol. The number of hydrogen-bond acceptors (Lipinski definition) is 7. The normalized spacial score (nSPS) is 31.4. The molecule has 1 fully saturated rings. The number of hydrogen-bond donors (Lipinski definition) is 1. The second-order valence-corrected chi connectivity index (χ2v) is 9.42. The molecule has 0 bridgehead atoms. The molecule has 0 radical (unpaired) electrons. The molecular weight excluding hydrogens is 376 g/mol. The van der Waals surface area contributed by atoms with Crippen LogP contribution in [0.1, 0.15) is 41.9 Å². The van der Waals surface area contributed by atoms with Crippen LogP contribution in [0.3, 0.4) is 0 Å². The van der Waals surface area contributed by atoms with Gasteiger partial charge in [0.25, 0.3) is 0 Å². The standard InChI is InChI=1S/C18H30O4S3/c1-12-13(2)18(22-15(4)20)17(10-16(12)11-21-14(3)19)25-24-9-7-5-6-8-23/h5,7,12-13,16-18,23H,6,8-11H2,1-4H3/b7-5-/t12-,13-,16?,17+,18?/m0/s1/i8T/t8?,12-,13-,16?,17+,18?. The fourth-order valence-corrected chi connectivity index (χ4v) is 5.91. The highest BCUT2D eigenvalue weighted by molar-refractivity contribution is 8.77. The molecule has 25 heavy (non-hydrogen) atoms. The third kappa shape index (κ3) is 8.31. The number of allylic oxidation sites excluding steroid dienone is 1. The summed E-state index contributed by atoms with van der Waals surface area (Å²) in [6.45, 7) is 7.55. The van der Waals surface area contributed by atoms with Gasteiger partial charge in [0.05, 0.1) is 11.9 Å². The molecule has 0 amide bonds. The molecule has 0 aliphatic heterocycles. The fourth-order valence-electron chi connectivity index (χ4n) is 3.02. The zero-order valence-electron chi connectivity index (χ0n) is 16.3. The average molecular weight is 409 g/mol. The molecule has 0 aromatic carbocycles. The molecule has 6 atom stereocenters. The van der Waals surface area contributed by atoms with Crippen LogP contribution in [0.4, 0.5) is 0 Å². The van der Waals surface area contributed by atoms with Gasteiger partial charge >= 0.3 is 11.9 Å². The fraction of sp³-hybridized carbons (Fsp3) is 0.778. The second-order valence-electron chi connectivity index (χ2n) is 6.40. The first-order chi connectivity index (χ1) is 12.2. The van der Waals surface area contributed by atoms with Crippen molar-refractivity contribution in [1.82, 2.24) is 0 Å². The molecule has 1 rings (SSSR count). The Morgan fingerprint density at radius 3 is 2.56 bits per heavy atom. The van der Waals surface area contributed by atoms with E-state index in [0.29, 0.717) is 18.9 Å². The van der Waals surface area contributed by atoms with Crippen LogP contribution in [0, 0.1) is 17.8 Å². The molecular formula is C18H30O4S3. The van der Waals surface area contributed by atoms with E-state index in [4.69, 9.17) is 10.8 Å². The Kier molecular flexibility index (Phi) is 10.2. The van der Waals surface area contributed by atoms with Crippen molar-refractivity contribution >= 4 is 46.2 Å². The monoisotopic (exact) mass is 408 g/mol. The molecule has 0 spiro atoms. The maximum Gasteiger partial charge on any atom is 0.302 e. The molecule has 1 saturated carbocycles. The number of thiol groups is 1. The third-order valence-corrected chi connectivity index (χ3v) is 7.50. The van der Waals surface area contributed by atoms with Gasteiger partial charge in [-0.25, -0.2) is 0 Å². The topological polar surface area (TPSA) is 52.6 Å². The van der Waals surface area contributed by atoms with Gasteiger partial charge in [-0.15, -0.1) is 0 Å². The number of esters is 2. The quantitative estimate of drug-likeness (QED) is 0.201. The van der Waals surface area contributed by atoms with Crippen molar-refractivity contribution in [3.8, 4) is 0 Å². The van der Waals surface area contributed by atoms with E-state index >= 15 is 0 Å². The van der Waals surface area contributed by atoms with E-state index in [-0.39, 0.29) is 40.9 Å². The Bertz CT molecular complexity index is 485. The lowest BCUT2D eigenvalue weighted by Gasteiger charge is -2.43. The molecule has 0 aromatic heterocycles. The van der Waals surface area contributed by atoms with Crippen LogP contribution in [0.5, 0.6) is 0 Å². The number of carbonyl (C=O) groups excluding carboxylic acids is 2. The van der Waals surface area contributed by atoms with E-state index in [1.54, 1.807) is 21.6 Å². The van der Waals surface area contributed by atoms with Crippen molar-refractivity contribution in [1.29, 1.82) is 0 Å². The minimum atomic E-state index is -0.375. The zero-order valence-corrected chi connectivity index (χ0v) is 17.9. The van der Waals surface area contributed by atoms with Gasteiger partial charge in [0.1, 0.15) is 6.10 Å². The zero-order chi connectivity index (χ0) is 19.7. The molecule has 144 valence electrons. The highest BCUT2D eigenvalue weighted by atomic mass is 33.1.